The molecule has 1 aromatic carbocycles. The molecule has 4 rings (SSSR count). The van der Waals surface area contributed by atoms with E-state index >= 15 is 0 Å². The number of allylic oxidation sites excluding steroid dienone is 1. The lowest BCUT2D eigenvalue weighted by Gasteiger charge is -2.31. The molecule has 1 aromatic heterocycles. The van der Waals surface area contributed by atoms with Crippen LogP contribution in [0.15, 0.2) is 40.7 Å². The van der Waals surface area contributed by atoms with Crippen molar-refractivity contribution in [1.82, 2.24) is 0 Å². The quantitative estimate of drug-likeness (QED) is 0.868. The lowest BCUT2D eigenvalue weighted by molar-refractivity contribution is -0.942. The van der Waals surface area contributed by atoms with Gasteiger partial charge in [0.25, 0.3) is 0 Å². The lowest BCUT2D eigenvalue weighted by atomic mass is 10.0. The summed E-state index contributed by atoms with van der Waals surface area (Å²) in [5.74, 6) is 0.930. The van der Waals surface area contributed by atoms with Crippen molar-refractivity contribution >= 4 is 11.9 Å². The number of nitrogens with one attached hydrogen (secondary N) is 1. The predicted octanol–water partition coefficient (Wildman–Crippen LogP) is 1.93. The van der Waals surface area contributed by atoms with Crippen molar-refractivity contribution < 1.29 is 24.0 Å². The zero-order valence-electron chi connectivity index (χ0n) is 14.2. The summed E-state index contributed by atoms with van der Waals surface area (Å²) in [7, 11) is 0. The van der Waals surface area contributed by atoms with Crippen LogP contribution in [0.25, 0.3) is 6.08 Å². The minimum absolute atomic E-state index is 0.0592. The number of hydrogen-bond acceptors (Lipinski definition) is 4. The number of rotatable bonds is 3. The van der Waals surface area contributed by atoms with Crippen LogP contribution in [0.5, 0.6) is 11.5 Å². The number of Topliss-reactive ketones (excluding diaryl/α,β-unsaturated/α-hetero) is 1. The smallest absolute Gasteiger partial charge is 0.232 e. The molecular weight excluding hydrogens is 318 g/mol. The van der Waals surface area contributed by atoms with Crippen molar-refractivity contribution in [1.29, 1.82) is 0 Å². The molecule has 0 radical (unpaired) electrons. The molecule has 0 aliphatic carbocycles. The van der Waals surface area contributed by atoms with Crippen molar-refractivity contribution in [3.05, 3.63) is 53.2 Å². The number of furan rings is 1. The molecule has 3 heterocycles. The third-order valence-electron chi connectivity index (χ3n) is 5.20. The van der Waals surface area contributed by atoms with Gasteiger partial charge in [-0.05, 0) is 44.4 Å². The maximum absolute atomic E-state index is 12.6. The number of carbonyl (C=O) groups excluding carboxylic acids is 1. The summed E-state index contributed by atoms with van der Waals surface area (Å²) in [4.78, 5) is 14.0. The average Bonchev–Trinajstić information content (AvgIpc) is 3.21. The molecule has 2 aromatic rings. The summed E-state index contributed by atoms with van der Waals surface area (Å²) in [5.41, 5.74) is 1.08. The molecule has 0 amide bonds. The molecule has 2 atom stereocenters. The highest BCUT2D eigenvalue weighted by atomic mass is 16.5. The van der Waals surface area contributed by atoms with E-state index < -0.39 is 0 Å². The number of hydrogen-bond donors (Lipinski definition) is 1. The summed E-state index contributed by atoms with van der Waals surface area (Å²) in [6.45, 7) is 3.87. The molecule has 2 aliphatic heterocycles. The number of carbonyl (C=O) groups is 1. The standard InChI is InChI=1S/C20H21NO4/c1-13-5-2-3-9-21(13)12-16-17(22)8-7-15-19(23)18(25-20(15)16)11-14-6-4-10-24-14/h4,6-8,10-11,13,22H,2-3,5,9,12H2,1H3. The highest BCUT2D eigenvalue weighted by molar-refractivity contribution is 6.14. The van der Waals surface area contributed by atoms with Gasteiger partial charge in [0.05, 0.1) is 24.4 Å². The molecule has 2 aliphatic rings. The average molecular weight is 339 g/mol. The maximum Gasteiger partial charge on any atom is 0.232 e. The van der Waals surface area contributed by atoms with E-state index in [0.29, 0.717) is 35.2 Å². The summed E-state index contributed by atoms with van der Waals surface area (Å²) in [6.07, 6.45) is 6.70. The normalized spacial score (nSPS) is 24.4. The zero-order valence-corrected chi connectivity index (χ0v) is 14.2. The Kier molecular flexibility index (Phi) is 4.09. The third kappa shape index (κ3) is 2.96. The van der Waals surface area contributed by atoms with Gasteiger partial charge in [-0.25, -0.2) is 0 Å². The lowest BCUT2D eigenvalue weighted by Crippen LogP contribution is -3.14. The Labute approximate surface area is 146 Å². The molecule has 5 heteroatoms. The van der Waals surface area contributed by atoms with Gasteiger partial charge in [-0.3, -0.25) is 4.79 Å². The summed E-state index contributed by atoms with van der Waals surface area (Å²) >= 11 is 0. The molecule has 0 spiro atoms. The van der Waals surface area contributed by atoms with Crippen molar-refractivity contribution in [2.75, 3.05) is 6.54 Å². The molecule has 1 saturated heterocycles. The zero-order chi connectivity index (χ0) is 17.4. The Morgan fingerprint density at radius 2 is 2.20 bits per heavy atom. The first-order valence-corrected chi connectivity index (χ1v) is 8.78. The molecule has 25 heavy (non-hydrogen) atoms. The fraction of sp³-hybridized carbons (Fsp3) is 0.350. The molecular formula is C20H21NO4. The van der Waals surface area contributed by atoms with Gasteiger partial charge in [-0.1, -0.05) is 11.8 Å². The van der Waals surface area contributed by atoms with Crippen molar-refractivity contribution in [3.8, 4) is 11.5 Å². The van der Waals surface area contributed by atoms with Crippen molar-refractivity contribution in [2.45, 2.75) is 38.8 Å². The summed E-state index contributed by atoms with van der Waals surface area (Å²) in [5, 5.41) is 12.4. The second-order valence-corrected chi connectivity index (χ2v) is 6.86. The Balaban J connectivity index is 1.67. The van der Waals surface area contributed by atoms with Crippen molar-refractivity contribution in [2.24, 2.45) is 0 Å². The van der Waals surface area contributed by atoms with Crippen LogP contribution in [0, 0.1) is 0 Å². The number of fused-ring (bicyclic) bond motifs is 1. The van der Waals surface area contributed by atoms with E-state index in [-0.39, 0.29) is 17.3 Å². The monoisotopic (exact) mass is 339 g/mol. The number of likely N-dealkylation sites (tertiary alicyclic amines) is 1. The third-order valence-corrected chi connectivity index (χ3v) is 5.20. The van der Waals surface area contributed by atoms with E-state index in [1.807, 2.05) is 0 Å². The molecule has 2 unspecified atom stereocenters. The Bertz CT molecular complexity index is 822. The number of ether oxygens (including phenoxy) is 1. The van der Waals surface area contributed by atoms with Crippen molar-refractivity contribution in [3.63, 3.8) is 0 Å². The predicted molar refractivity (Wildman–Crippen MR) is 90.4 cm³/mol. The first-order valence-electron chi connectivity index (χ1n) is 8.78. The number of ketones is 1. The SMILES string of the molecule is CC1CCCC[NH+]1Cc1c([O-])ccc2c1OC(=Cc1ccco1)C2=O. The van der Waals surface area contributed by atoms with Gasteiger partial charge in [0.2, 0.25) is 5.78 Å². The maximum atomic E-state index is 12.6. The summed E-state index contributed by atoms with van der Waals surface area (Å²) < 4.78 is 11.1. The van der Waals surface area contributed by atoms with Gasteiger partial charge in [-0.2, -0.15) is 0 Å². The minimum Gasteiger partial charge on any atom is -0.872 e. The Hall–Kier alpha value is -2.53. The summed E-state index contributed by atoms with van der Waals surface area (Å²) in [6, 6.07) is 7.08. The second-order valence-electron chi connectivity index (χ2n) is 6.86. The molecule has 1 fully saturated rings. The highest BCUT2D eigenvalue weighted by Gasteiger charge is 2.32. The van der Waals surface area contributed by atoms with Crippen LogP contribution in [0.2, 0.25) is 0 Å². The molecule has 5 nitrogen and oxygen atoms in total. The van der Waals surface area contributed by atoms with E-state index in [0.717, 1.165) is 6.54 Å². The van der Waals surface area contributed by atoms with Gasteiger partial charge in [0, 0.05) is 11.6 Å². The topological polar surface area (TPSA) is 66.9 Å². The number of quaternary nitrogens is 1. The van der Waals surface area contributed by atoms with Gasteiger partial charge < -0.3 is 19.2 Å². The molecule has 1 N–H and O–H groups in total. The second kappa shape index (κ2) is 6.41. The van der Waals surface area contributed by atoms with Crippen LogP contribution in [-0.4, -0.2) is 18.4 Å². The van der Waals surface area contributed by atoms with Gasteiger partial charge in [-0.15, -0.1) is 0 Å². The fourth-order valence-corrected chi connectivity index (χ4v) is 3.70. The molecule has 0 bridgehead atoms. The number of benzene rings is 1. The van der Waals surface area contributed by atoms with Gasteiger partial charge >= 0.3 is 0 Å². The van der Waals surface area contributed by atoms with E-state index in [2.05, 4.69) is 6.92 Å². The van der Waals surface area contributed by atoms with Crippen LogP contribution in [0.1, 0.15) is 47.9 Å². The Morgan fingerprint density at radius 1 is 1.32 bits per heavy atom. The fourth-order valence-electron chi connectivity index (χ4n) is 3.70. The Morgan fingerprint density at radius 3 is 2.96 bits per heavy atom. The van der Waals surface area contributed by atoms with Crippen LogP contribution in [0.4, 0.5) is 0 Å². The van der Waals surface area contributed by atoms with Crippen LogP contribution < -0.4 is 14.7 Å². The first kappa shape index (κ1) is 16.0. The van der Waals surface area contributed by atoms with Crippen LogP contribution >= 0.6 is 0 Å². The largest absolute Gasteiger partial charge is 0.872 e. The minimum atomic E-state index is -0.200. The highest BCUT2D eigenvalue weighted by Crippen LogP contribution is 2.38. The van der Waals surface area contributed by atoms with Crippen LogP contribution in [-0.2, 0) is 6.54 Å². The van der Waals surface area contributed by atoms with E-state index in [4.69, 9.17) is 9.15 Å². The first-order chi connectivity index (χ1) is 12.1. The number of piperidine rings is 1. The van der Waals surface area contributed by atoms with E-state index in [1.54, 1.807) is 30.5 Å². The van der Waals surface area contributed by atoms with Gasteiger partial charge in [0.15, 0.2) is 5.76 Å². The van der Waals surface area contributed by atoms with E-state index in [9.17, 15) is 9.90 Å². The molecule has 130 valence electrons. The van der Waals surface area contributed by atoms with Gasteiger partial charge in [0.1, 0.15) is 18.1 Å². The van der Waals surface area contributed by atoms with Crippen LogP contribution in [0.3, 0.4) is 0 Å². The van der Waals surface area contributed by atoms with E-state index in [1.165, 1.54) is 30.2 Å². The molecule has 0 saturated carbocycles.